The third kappa shape index (κ3) is 4.18. The topological polar surface area (TPSA) is 47.6 Å². The summed E-state index contributed by atoms with van der Waals surface area (Å²) in [5.41, 5.74) is 5.29. The molecule has 0 spiro atoms. The van der Waals surface area contributed by atoms with Gasteiger partial charge in [-0.1, -0.05) is 42.5 Å². The van der Waals surface area contributed by atoms with Gasteiger partial charge in [0.15, 0.2) is 17.3 Å². The first kappa shape index (κ1) is 21.8. The van der Waals surface area contributed by atoms with Crippen LogP contribution in [-0.4, -0.2) is 12.9 Å². The number of rotatable bonds is 6. The Hall–Kier alpha value is -3.05. The number of allylic oxidation sites excluding steroid dienone is 2. The first-order chi connectivity index (χ1) is 16.0. The number of halogens is 1. The summed E-state index contributed by atoms with van der Waals surface area (Å²) >= 11 is 3.72. The molecule has 0 fully saturated rings. The normalized spacial score (nSPS) is 20.5. The Morgan fingerprint density at radius 3 is 2.70 bits per heavy atom. The molecular formula is C28H26BrNO3. The number of carbonyl (C=O) groups excluding carboxylic acids is 1. The summed E-state index contributed by atoms with van der Waals surface area (Å²) in [6.45, 7) is 2.09. The molecule has 168 valence electrons. The molecule has 0 saturated heterocycles. The van der Waals surface area contributed by atoms with Crippen LogP contribution < -0.4 is 14.8 Å². The van der Waals surface area contributed by atoms with Gasteiger partial charge in [0.1, 0.15) is 6.61 Å². The number of methoxy groups -OCH3 is 1. The van der Waals surface area contributed by atoms with E-state index in [1.807, 2.05) is 48.5 Å². The Morgan fingerprint density at radius 1 is 1.12 bits per heavy atom. The smallest absolute Gasteiger partial charge is 0.175 e. The maximum atomic E-state index is 11.9. The summed E-state index contributed by atoms with van der Waals surface area (Å²) in [5.74, 6) is 2.15. The number of benzene rings is 3. The van der Waals surface area contributed by atoms with Crippen molar-refractivity contribution >= 4 is 27.4 Å². The molecule has 0 saturated carbocycles. The number of fused-ring (bicyclic) bond motifs is 3. The first-order valence-corrected chi connectivity index (χ1v) is 12.0. The zero-order valence-electron chi connectivity index (χ0n) is 18.7. The number of carbonyl (C=O) groups is 1. The Balaban J connectivity index is 1.46. The van der Waals surface area contributed by atoms with E-state index in [1.165, 1.54) is 5.56 Å². The quantitative estimate of drug-likeness (QED) is 0.288. The first-order valence-electron chi connectivity index (χ1n) is 11.2. The van der Waals surface area contributed by atoms with Crippen molar-refractivity contribution < 1.29 is 14.3 Å². The minimum atomic E-state index is 0.0956. The van der Waals surface area contributed by atoms with E-state index in [0.29, 0.717) is 24.0 Å². The van der Waals surface area contributed by atoms with Crippen molar-refractivity contribution in [2.75, 3.05) is 12.4 Å². The van der Waals surface area contributed by atoms with Crippen LogP contribution >= 0.6 is 15.9 Å². The molecule has 4 nitrogen and oxygen atoms in total. The molecule has 0 unspecified atom stereocenters. The predicted molar refractivity (Wildman–Crippen MR) is 134 cm³/mol. The molecule has 0 bridgehead atoms. The minimum absolute atomic E-state index is 0.0956. The van der Waals surface area contributed by atoms with Crippen LogP contribution in [-0.2, 0) is 6.61 Å². The average Bonchev–Trinajstić information content (AvgIpc) is 3.33. The lowest BCUT2D eigenvalue weighted by atomic mass is 9.76. The second-order valence-electron chi connectivity index (χ2n) is 8.64. The molecule has 1 aliphatic heterocycles. The molecule has 5 rings (SSSR count). The van der Waals surface area contributed by atoms with E-state index in [2.05, 4.69) is 45.5 Å². The summed E-state index contributed by atoms with van der Waals surface area (Å²) in [4.78, 5) is 11.9. The SMILES string of the molecule is COc1cc([C@@H]2Nc3ccc(C(C)=O)cc3[C@@H]3C=CC[C@@H]32)cc(Br)c1OCc1ccccc1. The maximum absolute atomic E-state index is 11.9. The van der Waals surface area contributed by atoms with Gasteiger partial charge in [-0.2, -0.15) is 0 Å². The van der Waals surface area contributed by atoms with Crippen LogP contribution in [0, 0.1) is 5.92 Å². The van der Waals surface area contributed by atoms with Gasteiger partial charge in [-0.05, 0) is 82.2 Å². The summed E-state index contributed by atoms with van der Waals surface area (Å²) in [7, 11) is 1.67. The van der Waals surface area contributed by atoms with Gasteiger partial charge in [-0.25, -0.2) is 0 Å². The van der Waals surface area contributed by atoms with Crippen LogP contribution in [0.1, 0.15) is 52.4 Å². The fourth-order valence-corrected chi connectivity index (χ4v) is 5.51. The van der Waals surface area contributed by atoms with Crippen LogP contribution in [0.5, 0.6) is 11.5 Å². The molecule has 3 aromatic carbocycles. The van der Waals surface area contributed by atoms with E-state index in [0.717, 1.165) is 33.3 Å². The van der Waals surface area contributed by atoms with Crippen LogP contribution in [0.25, 0.3) is 0 Å². The standard InChI is InChI=1S/C28H26BrNO3/c1-17(31)19-11-12-25-23(13-19)21-9-6-10-22(21)27(30-25)20-14-24(29)28(26(15-20)32-2)33-16-18-7-4-3-5-8-18/h3-9,11-15,21-22,27,30H,10,16H2,1-2H3/t21-,22+,27+/m1/s1. The molecule has 1 N–H and O–H groups in total. The molecule has 33 heavy (non-hydrogen) atoms. The van der Waals surface area contributed by atoms with E-state index < -0.39 is 0 Å². The highest BCUT2D eigenvalue weighted by atomic mass is 79.9. The van der Waals surface area contributed by atoms with E-state index in [-0.39, 0.29) is 17.7 Å². The molecule has 3 aromatic rings. The fraction of sp³-hybridized carbons (Fsp3) is 0.250. The lowest BCUT2D eigenvalue weighted by Gasteiger charge is -2.38. The van der Waals surface area contributed by atoms with Crippen molar-refractivity contribution in [1.82, 2.24) is 0 Å². The summed E-state index contributed by atoms with van der Waals surface area (Å²) in [6.07, 6.45) is 5.52. The summed E-state index contributed by atoms with van der Waals surface area (Å²) in [5, 5.41) is 3.74. The van der Waals surface area contributed by atoms with Gasteiger partial charge in [-0.3, -0.25) is 4.79 Å². The zero-order chi connectivity index (χ0) is 22.9. The molecule has 0 aromatic heterocycles. The molecule has 3 atom stereocenters. The zero-order valence-corrected chi connectivity index (χ0v) is 20.3. The number of anilines is 1. The maximum Gasteiger partial charge on any atom is 0.175 e. The number of ether oxygens (including phenoxy) is 2. The Morgan fingerprint density at radius 2 is 1.94 bits per heavy atom. The Labute approximate surface area is 202 Å². The van der Waals surface area contributed by atoms with E-state index in [9.17, 15) is 4.79 Å². The minimum Gasteiger partial charge on any atom is -0.493 e. The second-order valence-corrected chi connectivity index (χ2v) is 9.50. The van der Waals surface area contributed by atoms with Gasteiger partial charge < -0.3 is 14.8 Å². The number of hydrogen-bond donors (Lipinski definition) is 1. The van der Waals surface area contributed by atoms with Crippen molar-refractivity contribution in [3.05, 3.63) is 99.5 Å². The van der Waals surface area contributed by atoms with Crippen molar-refractivity contribution in [2.45, 2.75) is 31.9 Å². The molecule has 0 radical (unpaired) electrons. The highest BCUT2D eigenvalue weighted by Crippen LogP contribution is 2.51. The van der Waals surface area contributed by atoms with E-state index in [4.69, 9.17) is 9.47 Å². The van der Waals surface area contributed by atoms with Gasteiger partial charge in [0.2, 0.25) is 0 Å². The number of Topliss-reactive ketones (excluding diaryl/α,β-unsaturated/α-hetero) is 1. The van der Waals surface area contributed by atoms with Crippen LogP contribution in [0.4, 0.5) is 5.69 Å². The fourth-order valence-electron chi connectivity index (χ4n) is 4.93. The highest BCUT2D eigenvalue weighted by molar-refractivity contribution is 9.10. The average molecular weight is 504 g/mol. The lowest BCUT2D eigenvalue weighted by Crippen LogP contribution is -2.29. The van der Waals surface area contributed by atoms with Gasteiger partial charge in [-0.15, -0.1) is 0 Å². The number of ketones is 1. The van der Waals surface area contributed by atoms with Crippen molar-refractivity contribution in [1.29, 1.82) is 0 Å². The number of nitrogens with one attached hydrogen (secondary N) is 1. The number of hydrogen-bond acceptors (Lipinski definition) is 4. The van der Waals surface area contributed by atoms with Crippen LogP contribution in [0.3, 0.4) is 0 Å². The monoisotopic (exact) mass is 503 g/mol. The third-order valence-electron chi connectivity index (χ3n) is 6.61. The highest BCUT2D eigenvalue weighted by Gasteiger charge is 2.38. The van der Waals surface area contributed by atoms with Crippen molar-refractivity contribution in [3.63, 3.8) is 0 Å². The largest absolute Gasteiger partial charge is 0.493 e. The molecule has 5 heteroatoms. The van der Waals surface area contributed by atoms with E-state index >= 15 is 0 Å². The molecule has 1 aliphatic carbocycles. The van der Waals surface area contributed by atoms with Crippen LogP contribution in [0.15, 0.2) is 77.3 Å². The van der Waals surface area contributed by atoms with Crippen LogP contribution in [0.2, 0.25) is 0 Å². The third-order valence-corrected chi connectivity index (χ3v) is 7.20. The summed E-state index contributed by atoms with van der Waals surface area (Å²) < 4.78 is 12.7. The molecule has 1 heterocycles. The molecule has 2 aliphatic rings. The predicted octanol–water partition coefficient (Wildman–Crippen LogP) is 7.07. The molecular weight excluding hydrogens is 478 g/mol. The Bertz CT molecular complexity index is 1220. The molecule has 0 amide bonds. The van der Waals surface area contributed by atoms with Gasteiger partial charge in [0, 0.05) is 17.2 Å². The van der Waals surface area contributed by atoms with Gasteiger partial charge >= 0.3 is 0 Å². The van der Waals surface area contributed by atoms with Gasteiger partial charge in [0.05, 0.1) is 17.6 Å². The Kier molecular flexibility index (Phi) is 5.98. The van der Waals surface area contributed by atoms with Gasteiger partial charge in [0.25, 0.3) is 0 Å². The van der Waals surface area contributed by atoms with E-state index in [1.54, 1.807) is 14.0 Å². The summed E-state index contributed by atoms with van der Waals surface area (Å²) in [6, 6.07) is 20.4. The van der Waals surface area contributed by atoms with Crippen molar-refractivity contribution in [3.8, 4) is 11.5 Å². The van der Waals surface area contributed by atoms with Crippen molar-refractivity contribution in [2.24, 2.45) is 5.92 Å². The second kappa shape index (κ2) is 9.06. The lowest BCUT2D eigenvalue weighted by molar-refractivity contribution is 0.101.